The summed E-state index contributed by atoms with van der Waals surface area (Å²) in [6.07, 6.45) is -0.472. The van der Waals surface area contributed by atoms with Crippen molar-refractivity contribution in [1.82, 2.24) is 34.6 Å². The molecule has 2 aliphatic rings. The number of anilines is 1. The van der Waals surface area contributed by atoms with Gasteiger partial charge in [-0.3, -0.25) is 4.57 Å². The second kappa shape index (κ2) is 9.95. The lowest BCUT2D eigenvalue weighted by Crippen LogP contribution is -2.42. The van der Waals surface area contributed by atoms with Crippen molar-refractivity contribution in [3.8, 4) is 0 Å². The predicted molar refractivity (Wildman–Crippen MR) is 124 cm³/mol. The number of rotatable bonds is 6. The molecule has 0 spiro atoms. The molecule has 0 unspecified atom stereocenters. The molecule has 5 heterocycles. The van der Waals surface area contributed by atoms with Gasteiger partial charge in [0, 0.05) is 25.0 Å². The maximum atomic E-state index is 11.9. The summed E-state index contributed by atoms with van der Waals surface area (Å²) >= 11 is 0. The minimum absolute atomic E-state index is 0.0168. The van der Waals surface area contributed by atoms with E-state index in [1.54, 1.807) is 16.4 Å². The van der Waals surface area contributed by atoms with Crippen LogP contribution in [0.15, 0.2) is 17.1 Å². The fourth-order valence-electron chi connectivity index (χ4n) is 4.45. The van der Waals surface area contributed by atoms with Crippen molar-refractivity contribution in [2.24, 2.45) is 0 Å². The Balaban J connectivity index is 1.31. The predicted octanol–water partition coefficient (Wildman–Crippen LogP) is 1.36. The third-order valence-corrected chi connectivity index (χ3v) is 6.43. The lowest BCUT2D eigenvalue weighted by atomic mass is 10.1. The van der Waals surface area contributed by atoms with Gasteiger partial charge >= 0.3 is 6.09 Å². The Kier molecular flexibility index (Phi) is 6.73. The summed E-state index contributed by atoms with van der Waals surface area (Å²) in [5, 5.41) is 32.8. The van der Waals surface area contributed by atoms with E-state index in [1.807, 2.05) is 13.8 Å². The van der Waals surface area contributed by atoms with Crippen molar-refractivity contribution in [1.29, 1.82) is 0 Å². The van der Waals surface area contributed by atoms with Crippen LogP contribution in [0.25, 0.3) is 11.2 Å². The molecule has 36 heavy (non-hydrogen) atoms. The van der Waals surface area contributed by atoms with Crippen LogP contribution in [-0.2, 0) is 9.47 Å². The number of aliphatic hydroxyl groups excluding tert-OH is 2. The number of hydrogen-bond acceptors (Lipinski definition) is 12. The monoisotopic (exact) mass is 502 g/mol. The van der Waals surface area contributed by atoms with Crippen molar-refractivity contribution < 1.29 is 28.9 Å². The molecule has 0 bridgehead atoms. The molecule has 0 aliphatic carbocycles. The number of hydrogen-bond donors (Lipinski definition) is 3. The van der Waals surface area contributed by atoms with E-state index in [1.165, 1.54) is 12.7 Å². The number of nitrogens with zero attached hydrogens (tertiary/aromatic N) is 7. The highest BCUT2D eigenvalue weighted by atomic mass is 16.6. The fourth-order valence-corrected chi connectivity index (χ4v) is 4.45. The zero-order chi connectivity index (χ0) is 25.4. The maximum absolute atomic E-state index is 11.9. The number of carbonyl (C=O) groups excluding carboxylic acids is 1. The number of ether oxygens (including phenoxy) is 2. The number of aliphatic hydroxyl groups is 2. The summed E-state index contributed by atoms with van der Waals surface area (Å²) in [7, 11) is 0. The van der Waals surface area contributed by atoms with Crippen LogP contribution in [0, 0.1) is 0 Å². The molecule has 14 nitrogen and oxygen atoms in total. The Bertz CT molecular complexity index is 1210. The van der Waals surface area contributed by atoms with E-state index in [0.29, 0.717) is 42.6 Å². The highest BCUT2D eigenvalue weighted by molar-refractivity contribution is 5.82. The van der Waals surface area contributed by atoms with Gasteiger partial charge in [0.25, 0.3) is 0 Å². The van der Waals surface area contributed by atoms with Gasteiger partial charge < -0.3 is 34.3 Å². The Morgan fingerprint density at radius 3 is 2.67 bits per heavy atom. The van der Waals surface area contributed by atoms with Crippen LogP contribution < -0.4 is 5.32 Å². The number of imidazole rings is 1. The topological polar surface area (TPSA) is 174 Å². The van der Waals surface area contributed by atoms with Gasteiger partial charge in [0.2, 0.25) is 11.8 Å². The molecule has 3 N–H and O–H groups in total. The van der Waals surface area contributed by atoms with E-state index < -0.39 is 24.5 Å². The van der Waals surface area contributed by atoms with Gasteiger partial charge in [-0.2, -0.15) is 0 Å². The Labute approximate surface area is 206 Å². The largest absolute Gasteiger partial charge is 0.450 e. The summed E-state index contributed by atoms with van der Waals surface area (Å²) < 4.78 is 18.2. The molecule has 4 atom stereocenters. The molecule has 5 rings (SSSR count). The fraction of sp³-hybridized carbons (Fsp3) is 0.636. The number of amides is 1. The number of aromatic nitrogens is 6. The van der Waals surface area contributed by atoms with Crippen molar-refractivity contribution in [2.45, 2.75) is 70.1 Å². The van der Waals surface area contributed by atoms with Gasteiger partial charge in [0.15, 0.2) is 29.3 Å². The van der Waals surface area contributed by atoms with E-state index in [0.717, 1.165) is 12.8 Å². The number of nitrogens with one attached hydrogen (secondary N) is 1. The Hall–Kier alpha value is -3.36. The maximum Gasteiger partial charge on any atom is 0.409 e. The SMILES string of the molecule is CCOC(=O)N1CCC(Nc2ncnc3c2ncn3[C@@H]2O[C@H](c3nnc(C(C)C)o3)[C@@H](O)[C@H]2O)CC1. The van der Waals surface area contributed by atoms with Crippen LogP contribution in [-0.4, -0.2) is 88.9 Å². The van der Waals surface area contributed by atoms with Gasteiger partial charge in [-0.25, -0.2) is 19.7 Å². The zero-order valence-electron chi connectivity index (χ0n) is 20.3. The number of carbonyl (C=O) groups is 1. The number of likely N-dealkylation sites (tertiary alicyclic amines) is 1. The summed E-state index contributed by atoms with van der Waals surface area (Å²) in [6, 6.07) is 0.0890. The first kappa shape index (κ1) is 24.3. The molecule has 0 radical (unpaired) electrons. The first-order valence-corrected chi connectivity index (χ1v) is 12.1. The minimum Gasteiger partial charge on any atom is -0.450 e. The normalized spacial score (nSPS) is 25.1. The molecule has 194 valence electrons. The van der Waals surface area contributed by atoms with E-state index in [-0.39, 0.29) is 23.9 Å². The second-order valence-electron chi connectivity index (χ2n) is 9.21. The molecule has 14 heteroatoms. The van der Waals surface area contributed by atoms with Gasteiger partial charge in [-0.1, -0.05) is 13.8 Å². The third kappa shape index (κ3) is 4.47. The van der Waals surface area contributed by atoms with Gasteiger partial charge in [-0.15, -0.1) is 10.2 Å². The molecular weight excluding hydrogens is 472 g/mol. The summed E-state index contributed by atoms with van der Waals surface area (Å²) in [5.41, 5.74) is 0.931. The van der Waals surface area contributed by atoms with Crippen LogP contribution in [0.2, 0.25) is 0 Å². The lowest BCUT2D eigenvalue weighted by Gasteiger charge is -2.31. The smallest absolute Gasteiger partial charge is 0.409 e. The Morgan fingerprint density at radius 1 is 1.19 bits per heavy atom. The molecule has 2 saturated heterocycles. The first-order valence-electron chi connectivity index (χ1n) is 12.1. The van der Waals surface area contributed by atoms with Crippen molar-refractivity contribution in [3.05, 3.63) is 24.4 Å². The summed E-state index contributed by atoms with van der Waals surface area (Å²) in [6.45, 7) is 7.12. The van der Waals surface area contributed by atoms with E-state index in [4.69, 9.17) is 13.9 Å². The van der Waals surface area contributed by atoms with Crippen molar-refractivity contribution in [2.75, 3.05) is 25.0 Å². The third-order valence-electron chi connectivity index (χ3n) is 6.43. The Morgan fingerprint density at radius 2 is 1.97 bits per heavy atom. The van der Waals surface area contributed by atoms with Crippen LogP contribution in [0.4, 0.5) is 10.6 Å². The number of fused-ring (bicyclic) bond motifs is 1. The molecule has 0 saturated carbocycles. The number of piperidine rings is 1. The standard InChI is InChI=1S/C22H30N8O6/c1-4-34-22(33)29-7-5-12(6-8-29)26-17-13-18(24-9-23-17)30(10-25-13)21-15(32)14(31)16(35-21)20-28-27-19(36-20)11(2)3/h9-12,14-16,21,31-32H,4-8H2,1-3H3,(H,23,24,26)/t14-,15+,16-,21+/m0/s1. The van der Waals surface area contributed by atoms with Crippen molar-refractivity contribution in [3.63, 3.8) is 0 Å². The van der Waals surface area contributed by atoms with Crippen LogP contribution in [0.1, 0.15) is 63.6 Å². The van der Waals surface area contributed by atoms with E-state index in [9.17, 15) is 15.0 Å². The first-order chi connectivity index (χ1) is 17.4. The molecular formula is C22H30N8O6. The highest BCUT2D eigenvalue weighted by Crippen LogP contribution is 2.40. The summed E-state index contributed by atoms with van der Waals surface area (Å²) in [5.74, 6) is 1.08. The molecule has 3 aromatic heterocycles. The molecule has 1 amide bonds. The minimum atomic E-state index is -1.28. The average molecular weight is 503 g/mol. The average Bonchev–Trinajstić information content (AvgIpc) is 3.59. The second-order valence-corrected chi connectivity index (χ2v) is 9.21. The van der Waals surface area contributed by atoms with E-state index >= 15 is 0 Å². The van der Waals surface area contributed by atoms with Crippen LogP contribution in [0.5, 0.6) is 0 Å². The van der Waals surface area contributed by atoms with Crippen LogP contribution >= 0.6 is 0 Å². The van der Waals surface area contributed by atoms with Crippen LogP contribution in [0.3, 0.4) is 0 Å². The zero-order valence-corrected chi connectivity index (χ0v) is 20.3. The summed E-state index contributed by atoms with van der Waals surface area (Å²) in [4.78, 5) is 26.8. The molecule has 0 aromatic carbocycles. The van der Waals surface area contributed by atoms with Gasteiger partial charge in [-0.05, 0) is 19.8 Å². The lowest BCUT2D eigenvalue weighted by molar-refractivity contribution is -0.0440. The molecule has 3 aromatic rings. The van der Waals surface area contributed by atoms with Gasteiger partial charge in [0.1, 0.15) is 18.5 Å². The van der Waals surface area contributed by atoms with E-state index in [2.05, 4.69) is 30.5 Å². The van der Waals surface area contributed by atoms with Gasteiger partial charge in [0.05, 0.1) is 12.9 Å². The molecule has 2 aliphatic heterocycles. The highest BCUT2D eigenvalue weighted by Gasteiger charge is 2.47. The quantitative estimate of drug-likeness (QED) is 0.442. The van der Waals surface area contributed by atoms with Crippen molar-refractivity contribution >= 4 is 23.1 Å². The molecule has 2 fully saturated rings.